The SMILES string of the molecule is CC[C@@H](NC(=O)C(C)(C)C(C)(C)NC(=O)OCC1c2ccccc2-c2ccccc21)C(=O)O. The number of alkyl carbamates (subject to hydrolysis) is 1. The van der Waals surface area contributed by atoms with Gasteiger partial charge in [-0.1, -0.05) is 55.5 Å². The van der Waals surface area contributed by atoms with E-state index in [-0.39, 0.29) is 18.9 Å². The number of aliphatic carboxylic acids is 1. The molecule has 2 aromatic carbocycles. The first-order valence-electron chi connectivity index (χ1n) is 11.2. The number of fused-ring (bicyclic) bond motifs is 3. The van der Waals surface area contributed by atoms with Gasteiger partial charge in [0.2, 0.25) is 5.91 Å². The maximum atomic E-state index is 12.8. The lowest BCUT2D eigenvalue weighted by Gasteiger charge is -2.40. The van der Waals surface area contributed by atoms with Crippen molar-refractivity contribution >= 4 is 18.0 Å². The summed E-state index contributed by atoms with van der Waals surface area (Å²) in [5, 5.41) is 14.6. The van der Waals surface area contributed by atoms with E-state index in [1.165, 1.54) is 0 Å². The lowest BCUT2D eigenvalue weighted by molar-refractivity contribution is -0.144. The predicted octanol–water partition coefficient (Wildman–Crippen LogP) is 4.31. The molecule has 3 rings (SSSR count). The van der Waals surface area contributed by atoms with E-state index in [9.17, 15) is 19.5 Å². The summed E-state index contributed by atoms with van der Waals surface area (Å²) in [7, 11) is 0. The van der Waals surface area contributed by atoms with Crippen LogP contribution in [-0.2, 0) is 14.3 Å². The number of carboxylic acid groups (broad SMARTS) is 1. The monoisotopic (exact) mass is 452 g/mol. The molecule has 0 saturated carbocycles. The van der Waals surface area contributed by atoms with Crippen LogP contribution in [0.5, 0.6) is 0 Å². The number of ether oxygens (including phenoxy) is 1. The van der Waals surface area contributed by atoms with Crippen molar-refractivity contribution in [3.63, 3.8) is 0 Å². The van der Waals surface area contributed by atoms with Crippen molar-refractivity contribution in [3.8, 4) is 11.1 Å². The minimum absolute atomic E-state index is 0.0662. The maximum absolute atomic E-state index is 12.8. The second-order valence-corrected chi connectivity index (χ2v) is 9.47. The van der Waals surface area contributed by atoms with Crippen molar-refractivity contribution in [2.24, 2.45) is 5.41 Å². The normalized spacial score (nSPS) is 14.1. The third-order valence-corrected chi connectivity index (χ3v) is 6.90. The van der Waals surface area contributed by atoms with Crippen molar-refractivity contribution < 1.29 is 24.2 Å². The van der Waals surface area contributed by atoms with Crippen molar-refractivity contribution in [3.05, 3.63) is 59.7 Å². The fourth-order valence-corrected chi connectivity index (χ4v) is 4.01. The molecule has 176 valence electrons. The van der Waals surface area contributed by atoms with Gasteiger partial charge in [-0.15, -0.1) is 0 Å². The van der Waals surface area contributed by atoms with Gasteiger partial charge in [-0.05, 0) is 56.4 Å². The van der Waals surface area contributed by atoms with Crippen molar-refractivity contribution in [2.45, 2.75) is 58.5 Å². The summed E-state index contributed by atoms with van der Waals surface area (Å²) in [6.07, 6.45) is -0.370. The van der Waals surface area contributed by atoms with Crippen LogP contribution >= 0.6 is 0 Å². The summed E-state index contributed by atoms with van der Waals surface area (Å²) in [4.78, 5) is 36.9. The van der Waals surface area contributed by atoms with Crippen molar-refractivity contribution in [1.29, 1.82) is 0 Å². The number of carbonyl (C=O) groups excluding carboxylic acids is 2. The first kappa shape index (κ1) is 24.3. The Morgan fingerprint density at radius 2 is 1.48 bits per heavy atom. The molecule has 0 heterocycles. The zero-order valence-corrected chi connectivity index (χ0v) is 19.8. The number of amides is 2. The van der Waals surface area contributed by atoms with Crippen LogP contribution in [0.1, 0.15) is 58.1 Å². The zero-order valence-electron chi connectivity index (χ0n) is 19.8. The van der Waals surface area contributed by atoms with Gasteiger partial charge in [0, 0.05) is 5.92 Å². The van der Waals surface area contributed by atoms with Crippen molar-refractivity contribution in [2.75, 3.05) is 6.61 Å². The Balaban J connectivity index is 1.68. The molecule has 7 heteroatoms. The summed E-state index contributed by atoms with van der Waals surface area (Å²) >= 11 is 0. The van der Waals surface area contributed by atoms with Crippen LogP contribution < -0.4 is 10.6 Å². The smallest absolute Gasteiger partial charge is 0.407 e. The average Bonchev–Trinajstić information content (AvgIpc) is 3.09. The minimum Gasteiger partial charge on any atom is -0.480 e. The number of hydrogen-bond acceptors (Lipinski definition) is 4. The number of carboxylic acids is 1. The fraction of sp³-hybridized carbons (Fsp3) is 0.423. The molecule has 0 fully saturated rings. The van der Waals surface area contributed by atoms with E-state index in [0.717, 1.165) is 22.3 Å². The molecule has 2 amide bonds. The average molecular weight is 453 g/mol. The second-order valence-electron chi connectivity index (χ2n) is 9.47. The molecule has 0 bridgehead atoms. The molecule has 1 atom stereocenters. The van der Waals surface area contributed by atoms with Crippen LogP contribution in [0.2, 0.25) is 0 Å². The maximum Gasteiger partial charge on any atom is 0.407 e. The number of benzene rings is 2. The molecule has 3 N–H and O–H groups in total. The Morgan fingerprint density at radius 1 is 0.970 bits per heavy atom. The van der Waals surface area contributed by atoms with Crippen LogP contribution in [0.3, 0.4) is 0 Å². The molecule has 2 aromatic rings. The molecule has 0 saturated heterocycles. The molecule has 7 nitrogen and oxygen atoms in total. The Hall–Kier alpha value is -3.35. The summed E-state index contributed by atoms with van der Waals surface area (Å²) in [5.74, 6) is -1.62. The molecular weight excluding hydrogens is 420 g/mol. The summed E-state index contributed by atoms with van der Waals surface area (Å²) in [5.41, 5.74) is 2.42. The number of rotatable bonds is 8. The van der Waals surface area contributed by atoms with Gasteiger partial charge >= 0.3 is 12.1 Å². The number of hydrogen-bond donors (Lipinski definition) is 3. The highest BCUT2D eigenvalue weighted by Crippen LogP contribution is 2.44. The molecule has 0 aliphatic heterocycles. The molecule has 0 unspecified atom stereocenters. The first-order chi connectivity index (χ1) is 15.5. The molecular formula is C26H32N2O5. The standard InChI is InChI=1S/C26H32N2O5/c1-6-21(22(29)30)27-23(31)25(2,3)26(4,5)28-24(32)33-15-20-18-13-9-7-11-16(18)17-12-8-10-14-19(17)20/h7-14,20-21H,6,15H2,1-5H3,(H,27,31)(H,28,32)(H,29,30)/t21-/m1/s1. The Kier molecular flexibility index (Phi) is 6.81. The van der Waals surface area contributed by atoms with Gasteiger partial charge in [0.05, 0.1) is 11.0 Å². The predicted molar refractivity (Wildman–Crippen MR) is 126 cm³/mol. The first-order valence-corrected chi connectivity index (χ1v) is 11.2. The van der Waals surface area contributed by atoms with Gasteiger partial charge in [-0.3, -0.25) is 4.79 Å². The molecule has 33 heavy (non-hydrogen) atoms. The van der Waals surface area contributed by atoms with Crippen LogP contribution in [0.25, 0.3) is 11.1 Å². The van der Waals surface area contributed by atoms with E-state index >= 15 is 0 Å². The largest absolute Gasteiger partial charge is 0.480 e. The van der Waals surface area contributed by atoms with Crippen LogP contribution in [0.4, 0.5) is 4.79 Å². The van der Waals surface area contributed by atoms with Crippen LogP contribution in [-0.4, -0.2) is 41.3 Å². The van der Waals surface area contributed by atoms with Gasteiger partial charge in [-0.2, -0.15) is 0 Å². The van der Waals surface area contributed by atoms with E-state index in [4.69, 9.17) is 4.74 Å². The Bertz CT molecular complexity index is 1010. The van der Waals surface area contributed by atoms with E-state index in [1.807, 2.05) is 36.4 Å². The van der Waals surface area contributed by atoms with Gasteiger partial charge in [0.15, 0.2) is 0 Å². The quantitative estimate of drug-likeness (QED) is 0.554. The zero-order chi connectivity index (χ0) is 24.4. The topological polar surface area (TPSA) is 105 Å². The summed E-state index contributed by atoms with van der Waals surface area (Å²) in [6.45, 7) is 8.62. The molecule has 0 spiro atoms. The number of nitrogens with one attached hydrogen (secondary N) is 2. The van der Waals surface area contributed by atoms with E-state index < -0.39 is 35.0 Å². The van der Waals surface area contributed by atoms with Gasteiger partial charge in [0.25, 0.3) is 0 Å². The highest BCUT2D eigenvalue weighted by Gasteiger charge is 2.45. The van der Waals surface area contributed by atoms with E-state index in [2.05, 4.69) is 22.8 Å². The molecule has 0 radical (unpaired) electrons. The fourth-order valence-electron chi connectivity index (χ4n) is 4.01. The molecule has 1 aliphatic rings. The lowest BCUT2D eigenvalue weighted by atomic mass is 9.73. The summed E-state index contributed by atoms with van der Waals surface area (Å²) < 4.78 is 5.62. The van der Waals surface area contributed by atoms with Crippen LogP contribution in [0, 0.1) is 5.41 Å². The third-order valence-electron chi connectivity index (χ3n) is 6.90. The van der Waals surface area contributed by atoms with Crippen molar-refractivity contribution in [1.82, 2.24) is 10.6 Å². The third kappa shape index (κ3) is 4.72. The lowest BCUT2D eigenvalue weighted by Crippen LogP contribution is -2.61. The number of carbonyl (C=O) groups is 3. The Morgan fingerprint density at radius 3 is 1.97 bits per heavy atom. The molecule has 1 aliphatic carbocycles. The molecule has 0 aromatic heterocycles. The van der Waals surface area contributed by atoms with Gasteiger partial charge in [0.1, 0.15) is 12.6 Å². The summed E-state index contributed by atoms with van der Waals surface area (Å²) in [6, 6.07) is 15.2. The highest BCUT2D eigenvalue weighted by molar-refractivity contribution is 5.88. The van der Waals surface area contributed by atoms with E-state index in [1.54, 1.807) is 34.6 Å². The minimum atomic E-state index is -1.10. The second kappa shape index (κ2) is 9.25. The van der Waals surface area contributed by atoms with Crippen LogP contribution in [0.15, 0.2) is 48.5 Å². The highest BCUT2D eigenvalue weighted by atomic mass is 16.5. The van der Waals surface area contributed by atoms with E-state index in [0.29, 0.717) is 0 Å². The Labute approximate surface area is 194 Å². The van der Waals surface area contributed by atoms with Gasteiger partial charge < -0.3 is 20.5 Å². The van der Waals surface area contributed by atoms with Gasteiger partial charge in [-0.25, -0.2) is 9.59 Å².